The van der Waals surface area contributed by atoms with Gasteiger partial charge in [0, 0.05) is 40.3 Å². The number of piperazine rings is 1. The lowest BCUT2D eigenvalue weighted by Gasteiger charge is -2.39. The van der Waals surface area contributed by atoms with Crippen molar-refractivity contribution < 1.29 is 4.74 Å². The summed E-state index contributed by atoms with van der Waals surface area (Å²) in [7, 11) is 0.966. The van der Waals surface area contributed by atoms with Gasteiger partial charge in [-0.05, 0) is 35.7 Å². The Labute approximate surface area is 153 Å². The number of nitrogens with zero attached hydrogens (tertiary/aromatic N) is 4. The van der Waals surface area contributed by atoms with Gasteiger partial charge in [-0.15, -0.1) is 0 Å². The Balaban J connectivity index is 1.99. The van der Waals surface area contributed by atoms with Gasteiger partial charge in [0.05, 0.1) is 0 Å². The highest BCUT2D eigenvalue weighted by Gasteiger charge is 2.28. The maximum Gasteiger partial charge on any atom is 0.143 e. The van der Waals surface area contributed by atoms with Crippen molar-refractivity contribution in [1.82, 2.24) is 19.6 Å². The van der Waals surface area contributed by atoms with Crippen LogP contribution in [-0.4, -0.2) is 67.1 Å². The quantitative estimate of drug-likeness (QED) is 0.487. The normalized spacial score (nSPS) is 19.5. The summed E-state index contributed by atoms with van der Waals surface area (Å²) in [6, 6.07) is 2.99. The molecule has 0 aromatic carbocycles. The highest BCUT2D eigenvalue weighted by Crippen LogP contribution is 2.20. The molecule has 2 heterocycles. The van der Waals surface area contributed by atoms with E-state index in [4.69, 9.17) is 16.3 Å². The standard InChI is InChI=1S/C14H26ClIN4OSi/c1-18-5-7-19(8-6-18)14(10-22(2,3)4)21-11-20-12(15)9-13(16)17-20/h9,14H,5-8,10-11H2,1-4H3. The average Bonchev–Trinajstić information content (AvgIpc) is 2.72. The van der Waals surface area contributed by atoms with Crippen molar-refractivity contribution >= 4 is 42.3 Å². The third kappa shape index (κ3) is 5.75. The van der Waals surface area contributed by atoms with Crippen molar-refractivity contribution in [2.75, 3.05) is 33.2 Å². The van der Waals surface area contributed by atoms with Gasteiger partial charge in [-0.3, -0.25) is 4.90 Å². The molecule has 1 aliphatic rings. The van der Waals surface area contributed by atoms with Crippen LogP contribution < -0.4 is 0 Å². The second-order valence-corrected chi connectivity index (χ2v) is 14.2. The highest BCUT2D eigenvalue weighted by molar-refractivity contribution is 14.1. The van der Waals surface area contributed by atoms with Crippen LogP contribution in [0.2, 0.25) is 30.8 Å². The van der Waals surface area contributed by atoms with Crippen LogP contribution in [0, 0.1) is 3.70 Å². The Bertz CT molecular complexity index is 486. The van der Waals surface area contributed by atoms with Crippen molar-refractivity contribution in [2.24, 2.45) is 0 Å². The summed E-state index contributed by atoms with van der Waals surface area (Å²) in [6.07, 6.45) is 0.165. The maximum absolute atomic E-state index is 6.23. The number of rotatable bonds is 6. The molecule has 126 valence electrons. The molecule has 1 aliphatic heterocycles. The molecule has 0 amide bonds. The Morgan fingerprint density at radius 3 is 2.45 bits per heavy atom. The molecule has 0 N–H and O–H groups in total. The van der Waals surface area contributed by atoms with Crippen molar-refractivity contribution in [3.63, 3.8) is 0 Å². The van der Waals surface area contributed by atoms with E-state index in [0.29, 0.717) is 11.9 Å². The van der Waals surface area contributed by atoms with Crippen LogP contribution >= 0.6 is 34.2 Å². The van der Waals surface area contributed by atoms with Gasteiger partial charge < -0.3 is 9.64 Å². The molecule has 0 spiro atoms. The molecule has 5 nitrogen and oxygen atoms in total. The Kier molecular flexibility index (Phi) is 6.73. The molecule has 8 heteroatoms. The molecular weight excluding hydrogens is 431 g/mol. The zero-order valence-corrected chi connectivity index (χ0v) is 17.8. The number of halogens is 2. The van der Waals surface area contributed by atoms with E-state index in [-0.39, 0.29) is 6.23 Å². The first-order chi connectivity index (χ1) is 10.2. The SMILES string of the molecule is CN1CCN(C(C[Si](C)(C)C)OCn2nc(I)cc2Cl)CC1. The predicted molar refractivity (Wildman–Crippen MR) is 102 cm³/mol. The molecular formula is C14H26ClIN4OSi. The van der Waals surface area contributed by atoms with Gasteiger partial charge >= 0.3 is 0 Å². The van der Waals surface area contributed by atoms with Gasteiger partial charge in [-0.25, -0.2) is 4.68 Å². The number of hydrogen-bond acceptors (Lipinski definition) is 4. The summed E-state index contributed by atoms with van der Waals surface area (Å²) >= 11 is 8.34. The molecule has 1 saturated heterocycles. The Hall–Kier alpha value is 0.327. The van der Waals surface area contributed by atoms with Crippen LogP contribution in [0.25, 0.3) is 0 Å². The lowest BCUT2D eigenvalue weighted by Crippen LogP contribution is -2.51. The summed E-state index contributed by atoms with van der Waals surface area (Å²) in [5, 5.41) is 5.00. The largest absolute Gasteiger partial charge is 0.341 e. The van der Waals surface area contributed by atoms with Crippen LogP contribution in [0.15, 0.2) is 6.07 Å². The first-order valence-electron chi connectivity index (χ1n) is 7.68. The summed E-state index contributed by atoms with van der Waals surface area (Å²) in [4.78, 5) is 4.84. The van der Waals surface area contributed by atoms with Gasteiger partial charge in [0.2, 0.25) is 0 Å². The van der Waals surface area contributed by atoms with Crippen molar-refractivity contribution in [3.05, 3.63) is 14.9 Å². The first kappa shape index (κ1) is 18.7. The van der Waals surface area contributed by atoms with E-state index in [1.54, 1.807) is 4.68 Å². The number of likely N-dealkylation sites (N-methyl/N-ethyl adjacent to an activating group) is 1. The fraction of sp³-hybridized carbons (Fsp3) is 0.786. The molecule has 1 aromatic rings. The van der Waals surface area contributed by atoms with Gasteiger partial charge in [0.15, 0.2) is 0 Å². The van der Waals surface area contributed by atoms with E-state index in [0.717, 1.165) is 35.9 Å². The molecule has 0 aliphatic carbocycles. The van der Waals surface area contributed by atoms with E-state index >= 15 is 0 Å². The Morgan fingerprint density at radius 2 is 1.95 bits per heavy atom. The summed E-state index contributed by atoms with van der Waals surface area (Å²) in [6.45, 7) is 11.9. The highest BCUT2D eigenvalue weighted by atomic mass is 127. The molecule has 2 rings (SSSR count). The number of hydrogen-bond donors (Lipinski definition) is 0. The number of aromatic nitrogens is 2. The molecule has 0 radical (unpaired) electrons. The monoisotopic (exact) mass is 456 g/mol. The third-order valence-corrected chi connectivity index (χ3v) is 6.23. The fourth-order valence-electron chi connectivity index (χ4n) is 2.54. The van der Waals surface area contributed by atoms with E-state index in [1.807, 2.05) is 6.07 Å². The number of ether oxygens (including phenoxy) is 1. The zero-order chi connectivity index (χ0) is 16.3. The molecule has 0 bridgehead atoms. The van der Waals surface area contributed by atoms with E-state index in [2.05, 4.69) is 64.2 Å². The third-order valence-electron chi connectivity index (χ3n) is 3.82. The summed E-state index contributed by atoms with van der Waals surface area (Å²) in [5.41, 5.74) is 0. The maximum atomic E-state index is 6.23. The van der Waals surface area contributed by atoms with E-state index < -0.39 is 8.07 Å². The van der Waals surface area contributed by atoms with E-state index in [9.17, 15) is 0 Å². The van der Waals surface area contributed by atoms with Gasteiger partial charge in [-0.1, -0.05) is 31.2 Å². The van der Waals surface area contributed by atoms with Gasteiger partial charge in [-0.2, -0.15) is 5.10 Å². The predicted octanol–water partition coefficient (Wildman–Crippen LogP) is 3.03. The smallest absolute Gasteiger partial charge is 0.143 e. The van der Waals surface area contributed by atoms with Crippen molar-refractivity contribution in [2.45, 2.75) is 38.6 Å². The molecule has 1 atom stereocenters. The molecule has 0 saturated carbocycles. The second kappa shape index (κ2) is 7.93. The lowest BCUT2D eigenvalue weighted by atomic mass is 10.3. The minimum atomic E-state index is -1.21. The fourth-order valence-corrected chi connectivity index (χ4v) is 4.89. The summed E-state index contributed by atoms with van der Waals surface area (Å²) in [5.74, 6) is 0. The zero-order valence-electron chi connectivity index (χ0n) is 13.9. The molecule has 1 unspecified atom stereocenters. The van der Waals surface area contributed by atoms with Crippen LogP contribution in [0.5, 0.6) is 0 Å². The average molecular weight is 457 g/mol. The van der Waals surface area contributed by atoms with Gasteiger partial charge in [0.25, 0.3) is 0 Å². The van der Waals surface area contributed by atoms with Crippen LogP contribution in [0.4, 0.5) is 0 Å². The first-order valence-corrected chi connectivity index (χ1v) is 12.8. The topological polar surface area (TPSA) is 33.5 Å². The molecule has 1 fully saturated rings. The summed E-state index contributed by atoms with van der Waals surface area (Å²) < 4.78 is 8.86. The second-order valence-electron chi connectivity index (χ2n) is 7.14. The van der Waals surface area contributed by atoms with Gasteiger partial charge in [0.1, 0.15) is 21.8 Å². The van der Waals surface area contributed by atoms with Crippen LogP contribution in [-0.2, 0) is 11.5 Å². The van der Waals surface area contributed by atoms with E-state index in [1.165, 1.54) is 0 Å². The van der Waals surface area contributed by atoms with Crippen molar-refractivity contribution in [3.8, 4) is 0 Å². The van der Waals surface area contributed by atoms with Crippen LogP contribution in [0.3, 0.4) is 0 Å². The lowest BCUT2D eigenvalue weighted by molar-refractivity contribution is -0.0921. The molecule has 1 aromatic heterocycles. The van der Waals surface area contributed by atoms with Crippen LogP contribution in [0.1, 0.15) is 0 Å². The minimum absolute atomic E-state index is 0.165. The Morgan fingerprint density at radius 1 is 1.32 bits per heavy atom. The minimum Gasteiger partial charge on any atom is -0.341 e. The van der Waals surface area contributed by atoms with Crippen molar-refractivity contribution in [1.29, 1.82) is 0 Å². The molecule has 22 heavy (non-hydrogen) atoms.